The van der Waals surface area contributed by atoms with Gasteiger partial charge in [-0.25, -0.2) is 9.69 Å². The van der Waals surface area contributed by atoms with Crippen molar-refractivity contribution in [1.29, 1.82) is 0 Å². The highest BCUT2D eigenvalue weighted by atomic mass is 16.5. The number of carbonyl (C=O) groups excluding carboxylic acids is 3. The van der Waals surface area contributed by atoms with Gasteiger partial charge in [0.05, 0.1) is 12.8 Å². The Kier molecular flexibility index (Phi) is 6.45. The number of anilines is 2. The molecule has 1 unspecified atom stereocenters. The first-order chi connectivity index (χ1) is 16.6. The van der Waals surface area contributed by atoms with Gasteiger partial charge in [0.25, 0.3) is 11.8 Å². The van der Waals surface area contributed by atoms with Crippen LogP contribution in [0.25, 0.3) is 6.08 Å². The van der Waals surface area contributed by atoms with Crippen molar-refractivity contribution < 1.29 is 19.1 Å². The molecule has 4 amide bonds. The van der Waals surface area contributed by atoms with Crippen molar-refractivity contribution in [2.45, 2.75) is 58.9 Å². The fourth-order valence-electron chi connectivity index (χ4n) is 5.28. The number of nitrogens with one attached hydrogen (secondary N) is 1. The number of methoxy groups -OCH3 is 1. The summed E-state index contributed by atoms with van der Waals surface area (Å²) in [5, 5.41) is 2.30. The van der Waals surface area contributed by atoms with E-state index >= 15 is 0 Å². The monoisotopic (exact) mass is 475 g/mol. The maximum atomic E-state index is 13.4. The molecule has 2 aromatic carbocycles. The minimum atomic E-state index is -0.758. The van der Waals surface area contributed by atoms with E-state index in [0.29, 0.717) is 17.0 Å². The lowest BCUT2D eigenvalue weighted by atomic mass is 9.79. The summed E-state index contributed by atoms with van der Waals surface area (Å²) < 4.78 is 5.71. The number of benzene rings is 2. The summed E-state index contributed by atoms with van der Waals surface area (Å²) >= 11 is 0. The first-order valence-electron chi connectivity index (χ1n) is 12.0. The number of rotatable bonds is 5. The van der Waals surface area contributed by atoms with Crippen LogP contribution < -0.4 is 19.9 Å². The summed E-state index contributed by atoms with van der Waals surface area (Å²) in [4.78, 5) is 42.1. The summed E-state index contributed by atoms with van der Waals surface area (Å²) in [5.41, 5.74) is 4.10. The van der Waals surface area contributed by atoms with Crippen LogP contribution in [0.3, 0.4) is 0 Å². The van der Waals surface area contributed by atoms with Crippen molar-refractivity contribution in [2.75, 3.05) is 23.5 Å². The number of hydrogen-bond donors (Lipinski definition) is 1. The third-order valence-electron chi connectivity index (χ3n) is 6.85. The Balaban J connectivity index is 1.81. The summed E-state index contributed by atoms with van der Waals surface area (Å²) in [5.74, 6) is -0.518. The van der Waals surface area contributed by atoms with Gasteiger partial charge < -0.3 is 9.64 Å². The number of amides is 4. The zero-order chi connectivity index (χ0) is 25.5. The molecule has 1 saturated heterocycles. The number of urea groups is 1. The summed E-state index contributed by atoms with van der Waals surface area (Å²) in [7, 11) is 1.58. The van der Waals surface area contributed by atoms with Gasteiger partial charge in [0.2, 0.25) is 0 Å². The van der Waals surface area contributed by atoms with Crippen LogP contribution in [0, 0.1) is 6.92 Å². The van der Waals surface area contributed by atoms with Gasteiger partial charge in [-0.1, -0.05) is 26.0 Å². The highest BCUT2D eigenvalue weighted by Crippen LogP contribution is 2.46. The van der Waals surface area contributed by atoms with Crippen LogP contribution in [0.15, 0.2) is 42.0 Å². The van der Waals surface area contributed by atoms with Crippen LogP contribution in [0.5, 0.6) is 5.75 Å². The van der Waals surface area contributed by atoms with Crippen LogP contribution in [0.4, 0.5) is 16.2 Å². The Bertz CT molecular complexity index is 1230. The van der Waals surface area contributed by atoms with E-state index in [0.717, 1.165) is 41.1 Å². The molecule has 4 rings (SSSR count). The van der Waals surface area contributed by atoms with E-state index in [2.05, 4.69) is 37.9 Å². The highest BCUT2D eigenvalue weighted by molar-refractivity contribution is 6.39. The molecule has 7 heteroatoms. The number of hydrogen-bond acceptors (Lipinski definition) is 5. The third-order valence-corrected chi connectivity index (χ3v) is 6.85. The van der Waals surface area contributed by atoms with Gasteiger partial charge in [-0.15, -0.1) is 0 Å². The molecule has 7 nitrogen and oxygen atoms in total. The molecule has 0 radical (unpaired) electrons. The Hall–Kier alpha value is -3.61. The van der Waals surface area contributed by atoms with Gasteiger partial charge in [-0.05, 0) is 74.9 Å². The number of carbonyl (C=O) groups is 3. The lowest BCUT2D eigenvalue weighted by Gasteiger charge is -2.48. The van der Waals surface area contributed by atoms with Crippen molar-refractivity contribution in [1.82, 2.24) is 5.32 Å². The molecule has 184 valence electrons. The molecule has 2 heterocycles. The molecule has 1 fully saturated rings. The molecule has 0 saturated carbocycles. The molecule has 35 heavy (non-hydrogen) atoms. The standard InChI is InChI=1S/C28H33N3O4/c1-7-11-30-23-15-24(35-6)19(13-21(23)18(3)16-28(30,4)5)14-22-25(32)29-27(34)31(26(22)33)20-10-8-9-17(2)12-20/h8-10,12-15,18H,7,11,16H2,1-6H3,(H,29,32,34)/b22-14-. The lowest BCUT2D eigenvalue weighted by Crippen LogP contribution is -2.54. The zero-order valence-electron chi connectivity index (χ0n) is 21.3. The predicted molar refractivity (Wildman–Crippen MR) is 138 cm³/mol. The van der Waals surface area contributed by atoms with E-state index in [1.54, 1.807) is 25.3 Å². The number of imide groups is 2. The Morgan fingerprint density at radius 1 is 1.17 bits per heavy atom. The number of nitrogens with zero attached hydrogens (tertiary/aromatic N) is 2. The quantitative estimate of drug-likeness (QED) is 0.477. The number of barbiturate groups is 1. The third kappa shape index (κ3) is 4.43. The summed E-state index contributed by atoms with van der Waals surface area (Å²) in [6.07, 6.45) is 3.53. The van der Waals surface area contributed by atoms with Crippen molar-refractivity contribution in [2.24, 2.45) is 0 Å². The average molecular weight is 476 g/mol. The largest absolute Gasteiger partial charge is 0.496 e. The first-order valence-corrected chi connectivity index (χ1v) is 12.0. The van der Waals surface area contributed by atoms with Crippen LogP contribution >= 0.6 is 0 Å². The number of aryl methyl sites for hydroxylation is 1. The molecular weight excluding hydrogens is 442 g/mol. The fraction of sp³-hybridized carbons (Fsp3) is 0.393. The van der Waals surface area contributed by atoms with E-state index < -0.39 is 17.8 Å². The Morgan fingerprint density at radius 2 is 1.91 bits per heavy atom. The van der Waals surface area contributed by atoms with Crippen LogP contribution in [-0.4, -0.2) is 37.0 Å². The van der Waals surface area contributed by atoms with Crippen molar-refractivity contribution in [3.63, 3.8) is 0 Å². The minimum Gasteiger partial charge on any atom is -0.496 e. The number of fused-ring (bicyclic) bond motifs is 1. The Morgan fingerprint density at radius 3 is 2.57 bits per heavy atom. The molecule has 0 spiro atoms. The van der Waals surface area contributed by atoms with Crippen LogP contribution in [0.1, 0.15) is 63.1 Å². The van der Waals surface area contributed by atoms with Crippen molar-refractivity contribution in [3.05, 3.63) is 58.7 Å². The highest BCUT2D eigenvalue weighted by Gasteiger charge is 2.39. The van der Waals surface area contributed by atoms with Crippen LogP contribution in [-0.2, 0) is 9.59 Å². The van der Waals surface area contributed by atoms with Gasteiger partial charge in [-0.2, -0.15) is 0 Å². The van der Waals surface area contributed by atoms with E-state index in [9.17, 15) is 14.4 Å². The van der Waals surface area contributed by atoms with E-state index in [1.165, 1.54) is 6.08 Å². The summed E-state index contributed by atoms with van der Waals surface area (Å²) in [6.45, 7) is 11.7. The predicted octanol–water partition coefficient (Wildman–Crippen LogP) is 5.17. The Labute approximate surface area is 206 Å². The fourth-order valence-corrected chi connectivity index (χ4v) is 5.28. The van der Waals surface area contributed by atoms with E-state index in [-0.39, 0.29) is 17.0 Å². The van der Waals surface area contributed by atoms with E-state index in [4.69, 9.17) is 4.74 Å². The average Bonchev–Trinajstić information content (AvgIpc) is 2.78. The van der Waals surface area contributed by atoms with Gasteiger partial charge in [0.15, 0.2) is 0 Å². The second-order valence-corrected chi connectivity index (χ2v) is 10.0. The van der Waals surface area contributed by atoms with Gasteiger partial charge >= 0.3 is 6.03 Å². The smallest absolute Gasteiger partial charge is 0.335 e. The number of ether oxygens (including phenoxy) is 1. The molecular formula is C28H33N3O4. The van der Waals surface area contributed by atoms with Crippen molar-refractivity contribution in [3.8, 4) is 5.75 Å². The topological polar surface area (TPSA) is 79.0 Å². The molecule has 2 aliphatic heterocycles. The molecule has 2 aliphatic rings. The zero-order valence-corrected chi connectivity index (χ0v) is 21.3. The molecule has 0 aliphatic carbocycles. The normalized spacial score (nSPS) is 20.7. The molecule has 0 aromatic heterocycles. The second-order valence-electron chi connectivity index (χ2n) is 10.0. The first kappa shape index (κ1) is 24.5. The molecule has 1 atom stereocenters. The summed E-state index contributed by atoms with van der Waals surface area (Å²) in [6, 6.07) is 10.3. The molecule has 1 N–H and O–H groups in total. The molecule has 0 bridgehead atoms. The van der Waals surface area contributed by atoms with E-state index in [1.807, 2.05) is 25.1 Å². The van der Waals surface area contributed by atoms with Gasteiger partial charge in [-0.3, -0.25) is 14.9 Å². The van der Waals surface area contributed by atoms with Crippen molar-refractivity contribution >= 4 is 35.3 Å². The maximum Gasteiger partial charge on any atom is 0.335 e. The SMILES string of the molecule is CCCN1c2cc(OC)c(/C=C3/C(=O)NC(=O)N(c4cccc(C)c4)C3=O)cc2C(C)CC1(C)C. The lowest BCUT2D eigenvalue weighted by molar-refractivity contribution is -0.122. The maximum absolute atomic E-state index is 13.4. The second kappa shape index (κ2) is 9.21. The molecule has 2 aromatic rings. The van der Waals surface area contributed by atoms with Gasteiger partial charge in [0.1, 0.15) is 11.3 Å². The van der Waals surface area contributed by atoms with Gasteiger partial charge in [0, 0.05) is 29.4 Å². The van der Waals surface area contributed by atoms with Crippen LogP contribution in [0.2, 0.25) is 0 Å². The minimum absolute atomic E-state index is 0.00131.